The van der Waals surface area contributed by atoms with Gasteiger partial charge in [0.15, 0.2) is 11.5 Å². The van der Waals surface area contributed by atoms with Crippen LogP contribution in [0, 0.1) is 5.41 Å². The third kappa shape index (κ3) is 5.13. The van der Waals surface area contributed by atoms with Crippen molar-refractivity contribution < 1.29 is 9.84 Å². The number of ether oxygens (including phenoxy) is 1. The van der Waals surface area contributed by atoms with E-state index in [2.05, 4.69) is 46.9 Å². The first-order valence-corrected chi connectivity index (χ1v) is 8.15. The van der Waals surface area contributed by atoms with Crippen LogP contribution >= 0.6 is 40.7 Å². The second-order valence-corrected chi connectivity index (χ2v) is 7.42. The first-order chi connectivity index (χ1) is 9.86. The van der Waals surface area contributed by atoms with Crippen molar-refractivity contribution in [3.8, 4) is 11.5 Å². The molecular weight excluding hydrogens is 403 g/mol. The first-order valence-electron chi connectivity index (χ1n) is 7.36. The van der Waals surface area contributed by atoms with Crippen LogP contribution < -0.4 is 10.1 Å². The minimum atomic E-state index is 0. The molecule has 1 aromatic rings. The zero-order valence-electron chi connectivity index (χ0n) is 14.1. The molecule has 2 N–H and O–H groups in total. The van der Waals surface area contributed by atoms with Gasteiger partial charge in [-0.3, -0.25) is 4.90 Å². The molecule has 0 spiro atoms. The summed E-state index contributed by atoms with van der Waals surface area (Å²) in [6.07, 6.45) is 0. The molecule has 0 bridgehead atoms. The second kappa shape index (κ2) is 9.33. The number of rotatable bonds is 3. The van der Waals surface area contributed by atoms with Crippen molar-refractivity contribution in [1.82, 2.24) is 10.2 Å². The Hall–Kier alpha value is -0.200. The Morgan fingerprint density at radius 2 is 1.78 bits per heavy atom. The molecule has 0 unspecified atom stereocenters. The van der Waals surface area contributed by atoms with Crippen molar-refractivity contribution in [3.05, 3.63) is 22.2 Å². The molecule has 1 saturated heterocycles. The number of piperazine rings is 1. The van der Waals surface area contributed by atoms with Gasteiger partial charge >= 0.3 is 0 Å². The summed E-state index contributed by atoms with van der Waals surface area (Å²) >= 11 is 3.61. The molecule has 7 heteroatoms. The topological polar surface area (TPSA) is 44.7 Å². The largest absolute Gasteiger partial charge is 0.504 e. The van der Waals surface area contributed by atoms with Gasteiger partial charge in [0.2, 0.25) is 0 Å². The molecule has 23 heavy (non-hydrogen) atoms. The summed E-state index contributed by atoms with van der Waals surface area (Å²) in [5.74, 6) is 0.767. The SMILES string of the molecule is COc1ccc(Br)c([C@@H](N2CCNCC2)C(C)(C)C)c1O.Cl.Cl. The maximum Gasteiger partial charge on any atom is 0.163 e. The Balaban J connectivity index is 0.00000242. The summed E-state index contributed by atoms with van der Waals surface area (Å²) in [6, 6.07) is 3.87. The van der Waals surface area contributed by atoms with Crippen LogP contribution in [0.1, 0.15) is 32.4 Å². The van der Waals surface area contributed by atoms with E-state index in [4.69, 9.17) is 4.74 Å². The molecule has 1 aliphatic rings. The fraction of sp³-hybridized carbons (Fsp3) is 0.625. The molecule has 2 rings (SSSR count). The summed E-state index contributed by atoms with van der Waals surface area (Å²) in [6.45, 7) is 10.6. The Labute approximate surface area is 159 Å². The van der Waals surface area contributed by atoms with Gasteiger partial charge in [-0.15, -0.1) is 24.8 Å². The highest BCUT2D eigenvalue weighted by molar-refractivity contribution is 9.10. The standard InChI is InChI=1S/C16H25BrN2O2.2ClH/c1-16(2,3)15(19-9-7-18-8-10-19)13-11(17)5-6-12(21-4)14(13)20;;/h5-6,15,18,20H,7-10H2,1-4H3;2*1H/t15-;;/m1../s1. The van der Waals surface area contributed by atoms with Gasteiger partial charge in [0.1, 0.15) is 0 Å². The fourth-order valence-corrected chi connectivity index (χ4v) is 3.63. The van der Waals surface area contributed by atoms with Gasteiger partial charge in [-0.1, -0.05) is 36.7 Å². The molecule has 1 atom stereocenters. The van der Waals surface area contributed by atoms with Gasteiger partial charge in [-0.2, -0.15) is 0 Å². The number of phenolic OH excluding ortho intramolecular Hbond substituents is 1. The van der Waals surface area contributed by atoms with E-state index in [-0.39, 0.29) is 42.0 Å². The van der Waals surface area contributed by atoms with Crippen LogP contribution in [0.2, 0.25) is 0 Å². The van der Waals surface area contributed by atoms with Crippen LogP contribution in [0.3, 0.4) is 0 Å². The van der Waals surface area contributed by atoms with Crippen LogP contribution in [0.25, 0.3) is 0 Å². The molecule has 0 aliphatic carbocycles. The number of hydrogen-bond acceptors (Lipinski definition) is 4. The highest BCUT2D eigenvalue weighted by Gasteiger charge is 2.36. The second-order valence-electron chi connectivity index (χ2n) is 6.57. The normalized spacial score (nSPS) is 16.9. The lowest BCUT2D eigenvalue weighted by Crippen LogP contribution is -2.48. The zero-order valence-corrected chi connectivity index (χ0v) is 17.3. The Morgan fingerprint density at radius 1 is 1.22 bits per heavy atom. The lowest BCUT2D eigenvalue weighted by molar-refractivity contribution is 0.0834. The Morgan fingerprint density at radius 3 is 2.26 bits per heavy atom. The van der Waals surface area contributed by atoms with E-state index < -0.39 is 0 Å². The number of nitrogens with zero attached hydrogens (tertiary/aromatic N) is 1. The average molecular weight is 430 g/mol. The monoisotopic (exact) mass is 428 g/mol. The number of phenols is 1. The van der Waals surface area contributed by atoms with E-state index >= 15 is 0 Å². The van der Waals surface area contributed by atoms with E-state index in [1.165, 1.54) is 0 Å². The minimum absolute atomic E-state index is 0. The molecule has 4 nitrogen and oxygen atoms in total. The lowest BCUT2D eigenvalue weighted by atomic mass is 9.80. The number of aromatic hydroxyl groups is 1. The van der Waals surface area contributed by atoms with Crippen LogP contribution in [0.4, 0.5) is 0 Å². The predicted molar refractivity (Wildman–Crippen MR) is 103 cm³/mol. The van der Waals surface area contributed by atoms with E-state index in [1.807, 2.05) is 6.07 Å². The van der Waals surface area contributed by atoms with Crippen LogP contribution in [-0.4, -0.2) is 43.3 Å². The van der Waals surface area contributed by atoms with E-state index in [9.17, 15) is 5.11 Å². The van der Waals surface area contributed by atoms with E-state index in [0.717, 1.165) is 36.2 Å². The maximum atomic E-state index is 10.6. The number of halogens is 3. The third-order valence-electron chi connectivity index (χ3n) is 3.96. The van der Waals surface area contributed by atoms with E-state index in [0.29, 0.717) is 5.75 Å². The van der Waals surface area contributed by atoms with Crippen LogP contribution in [0.5, 0.6) is 11.5 Å². The van der Waals surface area contributed by atoms with Gasteiger partial charge in [-0.05, 0) is 17.5 Å². The highest BCUT2D eigenvalue weighted by Crippen LogP contribution is 2.47. The number of nitrogens with one attached hydrogen (secondary N) is 1. The predicted octanol–water partition coefficient (Wildman–Crippen LogP) is 4.00. The van der Waals surface area contributed by atoms with Crippen molar-refractivity contribution in [2.45, 2.75) is 26.8 Å². The Bertz CT molecular complexity index is 504. The maximum absolute atomic E-state index is 10.6. The molecule has 0 aromatic heterocycles. The highest BCUT2D eigenvalue weighted by atomic mass is 79.9. The average Bonchev–Trinajstić information content (AvgIpc) is 2.43. The summed E-state index contributed by atoms with van der Waals surface area (Å²) in [7, 11) is 1.59. The van der Waals surface area contributed by atoms with Crippen LogP contribution in [-0.2, 0) is 0 Å². The molecule has 134 valence electrons. The van der Waals surface area contributed by atoms with Crippen molar-refractivity contribution in [1.29, 1.82) is 0 Å². The quantitative estimate of drug-likeness (QED) is 0.762. The molecule has 1 aliphatic heterocycles. The fourth-order valence-electron chi connectivity index (χ4n) is 3.09. The van der Waals surface area contributed by atoms with Gasteiger partial charge < -0.3 is 15.2 Å². The molecular formula is C16H27BrCl2N2O2. The first kappa shape index (κ1) is 22.8. The number of hydrogen-bond donors (Lipinski definition) is 2. The third-order valence-corrected chi connectivity index (χ3v) is 4.65. The van der Waals surface area contributed by atoms with Crippen molar-refractivity contribution in [2.24, 2.45) is 5.41 Å². The Kier molecular flexibility index (Phi) is 9.25. The number of benzene rings is 1. The van der Waals surface area contributed by atoms with Crippen molar-refractivity contribution >= 4 is 40.7 Å². The summed E-state index contributed by atoms with van der Waals surface area (Å²) in [5, 5.41) is 14.0. The minimum Gasteiger partial charge on any atom is -0.504 e. The summed E-state index contributed by atoms with van der Waals surface area (Å²) < 4.78 is 6.22. The molecule has 0 amide bonds. The van der Waals surface area contributed by atoms with Gasteiger partial charge in [0.05, 0.1) is 7.11 Å². The van der Waals surface area contributed by atoms with E-state index in [1.54, 1.807) is 13.2 Å². The number of methoxy groups -OCH3 is 1. The molecule has 1 aromatic carbocycles. The van der Waals surface area contributed by atoms with Gasteiger partial charge in [0, 0.05) is 42.3 Å². The van der Waals surface area contributed by atoms with Gasteiger partial charge in [0.25, 0.3) is 0 Å². The summed E-state index contributed by atoms with van der Waals surface area (Å²) in [5.41, 5.74) is 0.924. The lowest BCUT2D eigenvalue weighted by Gasteiger charge is -2.43. The van der Waals surface area contributed by atoms with Crippen LogP contribution in [0.15, 0.2) is 16.6 Å². The molecule has 1 fully saturated rings. The van der Waals surface area contributed by atoms with Crippen molar-refractivity contribution in [3.63, 3.8) is 0 Å². The molecule has 0 saturated carbocycles. The summed E-state index contributed by atoms with van der Waals surface area (Å²) in [4.78, 5) is 2.44. The molecule has 1 heterocycles. The molecule has 0 radical (unpaired) electrons. The smallest absolute Gasteiger partial charge is 0.163 e. The van der Waals surface area contributed by atoms with Crippen molar-refractivity contribution in [2.75, 3.05) is 33.3 Å². The zero-order chi connectivity index (χ0) is 15.6. The van der Waals surface area contributed by atoms with Gasteiger partial charge in [-0.25, -0.2) is 0 Å².